The molecule has 1 aromatic heterocycles. The fourth-order valence-corrected chi connectivity index (χ4v) is 1.26. The monoisotopic (exact) mass is 211 g/mol. The Morgan fingerprint density at radius 1 is 1.60 bits per heavy atom. The highest BCUT2D eigenvalue weighted by Gasteiger charge is 1.99. The molecule has 0 fully saturated rings. The molecule has 0 unspecified atom stereocenters. The molecule has 0 aliphatic carbocycles. The van der Waals surface area contributed by atoms with Crippen molar-refractivity contribution in [2.24, 2.45) is 0 Å². The van der Waals surface area contributed by atoms with Crippen LogP contribution in [0, 0.1) is 0 Å². The van der Waals surface area contributed by atoms with Crippen molar-refractivity contribution in [3.63, 3.8) is 0 Å². The van der Waals surface area contributed by atoms with Gasteiger partial charge in [0.25, 0.3) is 0 Å². The third-order valence-corrected chi connectivity index (χ3v) is 1.93. The summed E-state index contributed by atoms with van der Waals surface area (Å²) in [5.41, 5.74) is 1.02. The Bertz CT molecular complexity index is 309. The van der Waals surface area contributed by atoms with E-state index in [4.69, 9.17) is 4.74 Å². The average molecular weight is 211 g/mol. The fraction of sp³-hybridized carbons (Fsp3) is 0.700. The van der Waals surface area contributed by atoms with Gasteiger partial charge >= 0.3 is 5.97 Å². The lowest BCUT2D eigenvalue weighted by atomic mass is 10.3. The largest absolute Gasteiger partial charge is 0.466 e. The van der Waals surface area contributed by atoms with Gasteiger partial charge in [-0.1, -0.05) is 18.6 Å². The molecule has 5 nitrogen and oxygen atoms in total. The van der Waals surface area contributed by atoms with E-state index in [2.05, 4.69) is 17.2 Å². The van der Waals surface area contributed by atoms with E-state index in [0.29, 0.717) is 6.61 Å². The molecule has 0 aromatic carbocycles. The number of carbonyl (C=O) groups excluding carboxylic acids is 1. The van der Waals surface area contributed by atoms with Crippen LogP contribution >= 0.6 is 0 Å². The minimum absolute atomic E-state index is 0.236. The number of aromatic nitrogens is 3. The van der Waals surface area contributed by atoms with Gasteiger partial charge in [0.15, 0.2) is 0 Å². The molecule has 0 bridgehead atoms. The maximum Gasteiger partial charge on any atom is 0.302 e. The molecule has 1 rings (SSSR count). The standard InChI is InChI=1S/C10H17N3O2/c1-3-5-10-8-13(12-11-10)6-4-7-15-9(2)14/h8H,3-7H2,1-2H3. The van der Waals surface area contributed by atoms with Crippen molar-refractivity contribution in [3.05, 3.63) is 11.9 Å². The summed E-state index contributed by atoms with van der Waals surface area (Å²) in [7, 11) is 0. The van der Waals surface area contributed by atoms with Gasteiger partial charge in [-0.25, -0.2) is 0 Å². The number of nitrogens with zero attached hydrogens (tertiary/aromatic N) is 3. The molecule has 0 saturated carbocycles. The Morgan fingerprint density at radius 3 is 3.07 bits per heavy atom. The molecule has 0 saturated heterocycles. The Kier molecular flexibility index (Phi) is 4.80. The van der Waals surface area contributed by atoms with Crippen LogP contribution in [0.1, 0.15) is 32.4 Å². The number of aryl methyl sites for hydroxylation is 2. The zero-order valence-corrected chi connectivity index (χ0v) is 9.27. The first-order valence-corrected chi connectivity index (χ1v) is 5.24. The van der Waals surface area contributed by atoms with Gasteiger partial charge in [0.2, 0.25) is 0 Å². The molecule has 1 heterocycles. The minimum atomic E-state index is -0.236. The zero-order chi connectivity index (χ0) is 11.1. The molecule has 1 aromatic rings. The average Bonchev–Trinajstić information content (AvgIpc) is 2.61. The number of ether oxygens (including phenoxy) is 1. The number of rotatable bonds is 6. The molecule has 0 N–H and O–H groups in total. The summed E-state index contributed by atoms with van der Waals surface area (Å²) >= 11 is 0. The SMILES string of the molecule is CCCc1cn(CCCOC(C)=O)nn1. The van der Waals surface area contributed by atoms with E-state index in [-0.39, 0.29) is 5.97 Å². The van der Waals surface area contributed by atoms with Crippen LogP contribution in [0.15, 0.2) is 6.20 Å². The zero-order valence-electron chi connectivity index (χ0n) is 9.27. The Labute approximate surface area is 89.4 Å². The first-order chi connectivity index (χ1) is 7.22. The fourth-order valence-electron chi connectivity index (χ4n) is 1.26. The van der Waals surface area contributed by atoms with Crippen LogP contribution in [0.3, 0.4) is 0 Å². The molecule has 84 valence electrons. The number of hydrogen-bond acceptors (Lipinski definition) is 4. The minimum Gasteiger partial charge on any atom is -0.466 e. The van der Waals surface area contributed by atoms with Crippen LogP contribution in [0.25, 0.3) is 0 Å². The molecular formula is C10H17N3O2. The maximum atomic E-state index is 10.5. The molecule has 0 aliphatic heterocycles. The molecular weight excluding hydrogens is 194 g/mol. The molecule has 15 heavy (non-hydrogen) atoms. The van der Waals surface area contributed by atoms with E-state index < -0.39 is 0 Å². The van der Waals surface area contributed by atoms with Gasteiger partial charge in [0.1, 0.15) is 0 Å². The highest BCUT2D eigenvalue weighted by Crippen LogP contribution is 1.98. The smallest absolute Gasteiger partial charge is 0.302 e. The second-order valence-corrected chi connectivity index (χ2v) is 3.42. The molecule has 5 heteroatoms. The normalized spacial score (nSPS) is 10.3. The van der Waals surface area contributed by atoms with Crippen molar-refractivity contribution in [1.82, 2.24) is 15.0 Å². The van der Waals surface area contributed by atoms with Crippen molar-refractivity contribution in [2.75, 3.05) is 6.61 Å². The highest BCUT2D eigenvalue weighted by molar-refractivity contribution is 5.65. The quantitative estimate of drug-likeness (QED) is 0.523. The lowest BCUT2D eigenvalue weighted by molar-refractivity contribution is -0.141. The van der Waals surface area contributed by atoms with E-state index in [1.165, 1.54) is 6.92 Å². The molecule has 0 aliphatic rings. The first-order valence-electron chi connectivity index (χ1n) is 5.24. The number of carbonyl (C=O) groups is 1. The summed E-state index contributed by atoms with van der Waals surface area (Å²) in [6.07, 6.45) is 4.75. The van der Waals surface area contributed by atoms with Crippen LogP contribution in [-0.4, -0.2) is 27.6 Å². The molecule has 0 radical (unpaired) electrons. The summed E-state index contributed by atoms with van der Waals surface area (Å²) < 4.78 is 6.60. The summed E-state index contributed by atoms with van der Waals surface area (Å²) in [5, 5.41) is 8.00. The van der Waals surface area contributed by atoms with Crippen LogP contribution < -0.4 is 0 Å². The highest BCUT2D eigenvalue weighted by atomic mass is 16.5. The van der Waals surface area contributed by atoms with Crippen molar-refractivity contribution in [1.29, 1.82) is 0 Å². The van der Waals surface area contributed by atoms with Gasteiger partial charge in [-0.15, -0.1) is 5.10 Å². The van der Waals surface area contributed by atoms with Gasteiger partial charge < -0.3 is 4.74 Å². The maximum absolute atomic E-state index is 10.5. The van der Waals surface area contributed by atoms with Crippen molar-refractivity contribution in [3.8, 4) is 0 Å². The first kappa shape index (κ1) is 11.7. The van der Waals surface area contributed by atoms with E-state index in [9.17, 15) is 4.79 Å². The van der Waals surface area contributed by atoms with E-state index >= 15 is 0 Å². The van der Waals surface area contributed by atoms with Crippen LogP contribution in [0.2, 0.25) is 0 Å². The van der Waals surface area contributed by atoms with Crippen molar-refractivity contribution >= 4 is 5.97 Å². The molecule has 0 amide bonds. The van der Waals surface area contributed by atoms with Crippen molar-refractivity contribution < 1.29 is 9.53 Å². The van der Waals surface area contributed by atoms with Gasteiger partial charge in [-0.2, -0.15) is 0 Å². The van der Waals surface area contributed by atoms with E-state index in [0.717, 1.165) is 31.5 Å². The van der Waals surface area contributed by atoms with Crippen molar-refractivity contribution in [2.45, 2.75) is 39.7 Å². The Morgan fingerprint density at radius 2 is 2.40 bits per heavy atom. The van der Waals surface area contributed by atoms with E-state index in [1.54, 1.807) is 4.68 Å². The summed E-state index contributed by atoms with van der Waals surface area (Å²) in [6.45, 7) is 4.71. The number of esters is 1. The Hall–Kier alpha value is -1.39. The van der Waals surface area contributed by atoms with Crippen LogP contribution in [-0.2, 0) is 22.5 Å². The molecule has 0 atom stereocenters. The second-order valence-electron chi connectivity index (χ2n) is 3.42. The lowest BCUT2D eigenvalue weighted by Crippen LogP contribution is -2.05. The number of hydrogen-bond donors (Lipinski definition) is 0. The van der Waals surface area contributed by atoms with E-state index in [1.807, 2.05) is 6.20 Å². The predicted molar refractivity (Wildman–Crippen MR) is 55.3 cm³/mol. The van der Waals surface area contributed by atoms with Crippen LogP contribution in [0.4, 0.5) is 0 Å². The Balaban J connectivity index is 2.22. The summed E-state index contributed by atoms with van der Waals surface area (Å²) in [6, 6.07) is 0. The third kappa shape index (κ3) is 4.58. The topological polar surface area (TPSA) is 57.0 Å². The van der Waals surface area contributed by atoms with Gasteiger partial charge in [0, 0.05) is 26.1 Å². The second kappa shape index (κ2) is 6.16. The lowest BCUT2D eigenvalue weighted by Gasteiger charge is -2.00. The summed E-state index contributed by atoms with van der Waals surface area (Å²) in [4.78, 5) is 10.5. The summed E-state index contributed by atoms with van der Waals surface area (Å²) in [5.74, 6) is -0.236. The molecule has 0 spiro atoms. The third-order valence-electron chi connectivity index (χ3n) is 1.93. The predicted octanol–water partition coefficient (Wildman–Crippen LogP) is 1.18. The van der Waals surface area contributed by atoms with Gasteiger partial charge in [-0.05, 0) is 6.42 Å². The van der Waals surface area contributed by atoms with Gasteiger partial charge in [-0.3, -0.25) is 9.48 Å². The van der Waals surface area contributed by atoms with Crippen LogP contribution in [0.5, 0.6) is 0 Å². The van der Waals surface area contributed by atoms with Gasteiger partial charge in [0.05, 0.1) is 12.3 Å².